The average molecular weight is 318 g/mol. The first kappa shape index (κ1) is 12.4. The highest BCUT2D eigenvalue weighted by atomic mass is 79.9. The number of benzene rings is 2. The summed E-state index contributed by atoms with van der Waals surface area (Å²) in [6, 6.07) is 13.5. The molecule has 1 heterocycles. The second kappa shape index (κ2) is 4.82. The molecule has 19 heavy (non-hydrogen) atoms. The van der Waals surface area contributed by atoms with Crippen LogP contribution in [0.2, 0.25) is 0 Å². The lowest BCUT2D eigenvalue weighted by Gasteiger charge is -2.07. The predicted molar refractivity (Wildman–Crippen MR) is 79.9 cm³/mol. The highest BCUT2D eigenvalue weighted by molar-refractivity contribution is 9.10. The Labute approximate surface area is 119 Å². The highest BCUT2D eigenvalue weighted by Crippen LogP contribution is 2.20. The first-order chi connectivity index (χ1) is 9.11. The van der Waals surface area contributed by atoms with Crippen LogP contribution in [0.3, 0.4) is 0 Å². The van der Waals surface area contributed by atoms with Crippen molar-refractivity contribution in [3.63, 3.8) is 0 Å². The zero-order chi connectivity index (χ0) is 13.4. The Hall–Kier alpha value is -1.61. The van der Waals surface area contributed by atoms with Crippen LogP contribution in [-0.2, 0) is 6.54 Å². The molecule has 0 fully saturated rings. The first-order valence-corrected chi connectivity index (χ1v) is 6.91. The molecule has 0 aliphatic rings. The van der Waals surface area contributed by atoms with Crippen molar-refractivity contribution < 1.29 is 4.39 Å². The molecule has 0 aliphatic heterocycles. The van der Waals surface area contributed by atoms with Crippen LogP contribution in [0, 0.1) is 12.7 Å². The number of hydrogen-bond donors (Lipinski definition) is 0. The Kier molecular flexibility index (Phi) is 3.15. The van der Waals surface area contributed by atoms with E-state index in [2.05, 4.69) is 51.7 Å². The second-order valence-corrected chi connectivity index (χ2v) is 5.70. The van der Waals surface area contributed by atoms with Crippen LogP contribution in [0.1, 0.15) is 11.1 Å². The third kappa shape index (κ3) is 2.56. The van der Waals surface area contributed by atoms with E-state index in [0.717, 1.165) is 10.0 Å². The molecule has 0 radical (unpaired) electrons. The molecule has 0 aliphatic carbocycles. The van der Waals surface area contributed by atoms with Crippen LogP contribution in [0.5, 0.6) is 0 Å². The SMILES string of the molecule is Cc1ccc2c(ccn2Cc2cc(F)cc(Br)c2)c1. The van der Waals surface area contributed by atoms with Gasteiger partial charge in [0.05, 0.1) is 0 Å². The Bertz CT molecular complexity index is 725. The summed E-state index contributed by atoms with van der Waals surface area (Å²) in [7, 11) is 0. The minimum Gasteiger partial charge on any atom is -0.343 e. The molecule has 3 aromatic rings. The molecule has 0 N–H and O–H groups in total. The van der Waals surface area contributed by atoms with Crippen molar-refractivity contribution in [2.45, 2.75) is 13.5 Å². The second-order valence-electron chi connectivity index (χ2n) is 4.78. The quantitative estimate of drug-likeness (QED) is 0.633. The van der Waals surface area contributed by atoms with Crippen molar-refractivity contribution in [2.75, 3.05) is 0 Å². The average Bonchev–Trinajstić information content (AvgIpc) is 2.70. The van der Waals surface area contributed by atoms with Gasteiger partial charge in [0.2, 0.25) is 0 Å². The minimum atomic E-state index is -0.211. The van der Waals surface area contributed by atoms with Gasteiger partial charge in [-0.05, 0) is 54.3 Å². The van der Waals surface area contributed by atoms with Gasteiger partial charge >= 0.3 is 0 Å². The summed E-state index contributed by atoms with van der Waals surface area (Å²) < 4.78 is 16.3. The van der Waals surface area contributed by atoms with E-state index in [9.17, 15) is 4.39 Å². The Balaban J connectivity index is 2.01. The molecule has 0 amide bonds. The molecule has 0 unspecified atom stereocenters. The molecular formula is C16H13BrFN. The summed E-state index contributed by atoms with van der Waals surface area (Å²) in [5.74, 6) is -0.211. The van der Waals surface area contributed by atoms with Gasteiger partial charge in [-0.1, -0.05) is 27.6 Å². The van der Waals surface area contributed by atoms with E-state index in [1.807, 2.05) is 12.3 Å². The summed E-state index contributed by atoms with van der Waals surface area (Å²) in [6.45, 7) is 2.75. The van der Waals surface area contributed by atoms with Gasteiger partial charge in [-0.25, -0.2) is 4.39 Å². The van der Waals surface area contributed by atoms with E-state index >= 15 is 0 Å². The van der Waals surface area contributed by atoms with E-state index in [1.54, 1.807) is 6.07 Å². The molecule has 0 atom stereocenters. The zero-order valence-corrected chi connectivity index (χ0v) is 12.1. The fraction of sp³-hybridized carbons (Fsp3) is 0.125. The summed E-state index contributed by atoms with van der Waals surface area (Å²) in [6.07, 6.45) is 2.04. The molecule has 96 valence electrons. The van der Waals surface area contributed by atoms with E-state index in [0.29, 0.717) is 6.54 Å². The van der Waals surface area contributed by atoms with Gasteiger partial charge < -0.3 is 4.57 Å². The third-order valence-corrected chi connectivity index (χ3v) is 3.66. The standard InChI is InChI=1S/C16H13BrFN/c1-11-2-3-16-13(6-11)4-5-19(16)10-12-7-14(17)9-15(18)8-12/h2-9H,10H2,1H3. The molecule has 0 spiro atoms. The number of aryl methyl sites for hydroxylation is 1. The van der Waals surface area contributed by atoms with Crippen LogP contribution in [-0.4, -0.2) is 4.57 Å². The van der Waals surface area contributed by atoms with Gasteiger partial charge in [0.15, 0.2) is 0 Å². The molecule has 2 aromatic carbocycles. The maximum atomic E-state index is 13.4. The maximum Gasteiger partial charge on any atom is 0.124 e. The molecule has 3 rings (SSSR count). The Morgan fingerprint density at radius 2 is 1.95 bits per heavy atom. The summed E-state index contributed by atoms with van der Waals surface area (Å²) in [5, 5.41) is 1.22. The van der Waals surface area contributed by atoms with Crippen molar-refractivity contribution in [3.05, 3.63) is 70.1 Å². The maximum absolute atomic E-state index is 13.4. The van der Waals surface area contributed by atoms with Crippen molar-refractivity contribution >= 4 is 26.8 Å². The number of halogens is 2. The van der Waals surface area contributed by atoms with Gasteiger partial charge in [-0.3, -0.25) is 0 Å². The van der Waals surface area contributed by atoms with Crippen molar-refractivity contribution in [2.24, 2.45) is 0 Å². The van der Waals surface area contributed by atoms with Crippen LogP contribution < -0.4 is 0 Å². The van der Waals surface area contributed by atoms with Gasteiger partial charge in [0.1, 0.15) is 5.82 Å². The zero-order valence-electron chi connectivity index (χ0n) is 10.5. The van der Waals surface area contributed by atoms with Crippen LogP contribution in [0.25, 0.3) is 10.9 Å². The van der Waals surface area contributed by atoms with Crippen LogP contribution in [0.15, 0.2) is 53.1 Å². The highest BCUT2D eigenvalue weighted by Gasteiger charge is 2.04. The molecule has 3 heteroatoms. The van der Waals surface area contributed by atoms with E-state index in [4.69, 9.17) is 0 Å². The van der Waals surface area contributed by atoms with Gasteiger partial charge in [0, 0.05) is 22.7 Å². The summed E-state index contributed by atoms with van der Waals surface area (Å²) in [5.41, 5.74) is 3.37. The number of rotatable bonds is 2. The van der Waals surface area contributed by atoms with Gasteiger partial charge in [-0.2, -0.15) is 0 Å². The molecule has 0 saturated heterocycles. The molecular weight excluding hydrogens is 305 g/mol. The lowest BCUT2D eigenvalue weighted by Crippen LogP contribution is -1.98. The van der Waals surface area contributed by atoms with Crippen molar-refractivity contribution in [1.29, 1.82) is 0 Å². The Morgan fingerprint density at radius 3 is 2.74 bits per heavy atom. The molecule has 1 nitrogen and oxygen atoms in total. The lowest BCUT2D eigenvalue weighted by atomic mass is 10.2. The summed E-state index contributed by atoms with van der Waals surface area (Å²) >= 11 is 3.33. The third-order valence-electron chi connectivity index (χ3n) is 3.20. The number of aromatic nitrogens is 1. The molecule has 0 bridgehead atoms. The molecule has 0 saturated carbocycles. The minimum absolute atomic E-state index is 0.211. The normalized spacial score (nSPS) is 11.1. The van der Waals surface area contributed by atoms with Crippen molar-refractivity contribution in [3.8, 4) is 0 Å². The van der Waals surface area contributed by atoms with E-state index in [1.165, 1.54) is 22.5 Å². The number of hydrogen-bond acceptors (Lipinski definition) is 0. The fourth-order valence-electron chi connectivity index (χ4n) is 2.36. The lowest BCUT2D eigenvalue weighted by molar-refractivity contribution is 0.623. The van der Waals surface area contributed by atoms with E-state index < -0.39 is 0 Å². The van der Waals surface area contributed by atoms with Crippen LogP contribution >= 0.6 is 15.9 Å². The Morgan fingerprint density at radius 1 is 1.11 bits per heavy atom. The fourth-order valence-corrected chi connectivity index (χ4v) is 2.87. The van der Waals surface area contributed by atoms with Gasteiger partial charge in [-0.15, -0.1) is 0 Å². The number of nitrogens with zero attached hydrogens (tertiary/aromatic N) is 1. The smallest absolute Gasteiger partial charge is 0.124 e. The van der Waals surface area contributed by atoms with Gasteiger partial charge in [0.25, 0.3) is 0 Å². The largest absolute Gasteiger partial charge is 0.343 e. The first-order valence-electron chi connectivity index (χ1n) is 6.12. The summed E-state index contributed by atoms with van der Waals surface area (Å²) in [4.78, 5) is 0. The van der Waals surface area contributed by atoms with E-state index in [-0.39, 0.29) is 5.82 Å². The molecule has 1 aromatic heterocycles. The number of fused-ring (bicyclic) bond motifs is 1. The monoisotopic (exact) mass is 317 g/mol. The van der Waals surface area contributed by atoms with Crippen LogP contribution in [0.4, 0.5) is 4.39 Å². The van der Waals surface area contributed by atoms with Crippen molar-refractivity contribution in [1.82, 2.24) is 4.57 Å². The topological polar surface area (TPSA) is 4.93 Å². The predicted octanol–water partition coefficient (Wildman–Crippen LogP) is 4.90.